The van der Waals surface area contributed by atoms with Crippen molar-refractivity contribution >= 4 is 11.8 Å². The number of aryl methyl sites for hydroxylation is 1. The van der Waals surface area contributed by atoms with E-state index in [0.717, 1.165) is 47.9 Å². The first-order chi connectivity index (χ1) is 11.3. The number of rotatable bonds is 4. The molecule has 0 heterocycles. The van der Waals surface area contributed by atoms with Crippen molar-refractivity contribution < 1.29 is 19.4 Å². The molecule has 3 rings (SSSR count). The number of benzene rings is 1. The second kappa shape index (κ2) is 6.23. The number of carbonyl (C=O) groups excluding carboxylic acids is 1. The van der Waals surface area contributed by atoms with E-state index in [1.807, 2.05) is 19.9 Å². The second-order valence-electron chi connectivity index (χ2n) is 7.57. The van der Waals surface area contributed by atoms with Crippen molar-refractivity contribution in [3.05, 3.63) is 28.3 Å². The number of carboxylic acids is 1. The molecule has 4 heteroatoms. The van der Waals surface area contributed by atoms with E-state index in [2.05, 4.69) is 6.92 Å². The Morgan fingerprint density at radius 3 is 2.58 bits per heavy atom. The van der Waals surface area contributed by atoms with E-state index in [9.17, 15) is 9.59 Å². The average molecular weight is 330 g/mol. The van der Waals surface area contributed by atoms with Crippen molar-refractivity contribution in [3.63, 3.8) is 0 Å². The summed E-state index contributed by atoms with van der Waals surface area (Å²) < 4.78 is 5.42. The Labute approximate surface area is 143 Å². The lowest BCUT2D eigenvalue weighted by atomic mass is 9.63. The Morgan fingerprint density at radius 1 is 1.29 bits per heavy atom. The summed E-state index contributed by atoms with van der Waals surface area (Å²) in [5.41, 5.74) is 3.44. The number of aliphatic carboxylic acids is 1. The third-order valence-electron chi connectivity index (χ3n) is 6.20. The third-order valence-corrected chi connectivity index (χ3v) is 6.20. The maximum absolute atomic E-state index is 13.3. The highest BCUT2D eigenvalue weighted by Gasteiger charge is 2.46. The van der Waals surface area contributed by atoms with Gasteiger partial charge in [0.2, 0.25) is 0 Å². The van der Waals surface area contributed by atoms with Crippen LogP contribution in [0.2, 0.25) is 0 Å². The number of carbonyl (C=O) groups is 2. The Kier molecular flexibility index (Phi) is 4.41. The fraction of sp³-hybridized carbons (Fsp3) is 0.600. The summed E-state index contributed by atoms with van der Waals surface area (Å²) in [7, 11) is 0. The Balaban J connectivity index is 1.97. The molecule has 2 aliphatic rings. The van der Waals surface area contributed by atoms with Gasteiger partial charge in [0.1, 0.15) is 5.75 Å². The van der Waals surface area contributed by atoms with Crippen molar-refractivity contribution in [2.75, 3.05) is 6.61 Å². The first-order valence-corrected chi connectivity index (χ1v) is 8.87. The van der Waals surface area contributed by atoms with Crippen LogP contribution in [-0.4, -0.2) is 23.5 Å². The molecule has 1 saturated carbocycles. The van der Waals surface area contributed by atoms with E-state index in [4.69, 9.17) is 9.84 Å². The maximum atomic E-state index is 13.3. The highest BCUT2D eigenvalue weighted by molar-refractivity contribution is 6.04. The highest BCUT2D eigenvalue weighted by Crippen LogP contribution is 2.49. The minimum Gasteiger partial charge on any atom is -0.482 e. The van der Waals surface area contributed by atoms with Gasteiger partial charge in [-0.1, -0.05) is 19.8 Å². The number of hydrogen-bond acceptors (Lipinski definition) is 3. The molecule has 0 radical (unpaired) electrons. The number of ether oxygens (including phenoxy) is 1. The molecular weight excluding hydrogens is 304 g/mol. The molecule has 0 saturated heterocycles. The van der Waals surface area contributed by atoms with Gasteiger partial charge in [0.05, 0.1) is 0 Å². The molecule has 0 aliphatic heterocycles. The molecule has 1 aromatic carbocycles. The fourth-order valence-corrected chi connectivity index (χ4v) is 4.50. The number of Topliss-reactive ketones (excluding diaryl/α,β-unsaturated/α-hetero) is 1. The molecule has 0 spiro atoms. The van der Waals surface area contributed by atoms with Gasteiger partial charge in [0.15, 0.2) is 12.4 Å². The summed E-state index contributed by atoms with van der Waals surface area (Å²) >= 11 is 0. The summed E-state index contributed by atoms with van der Waals surface area (Å²) in [6.45, 7) is 5.66. The van der Waals surface area contributed by atoms with Gasteiger partial charge in [-0.3, -0.25) is 4.79 Å². The summed E-state index contributed by atoms with van der Waals surface area (Å²) in [5, 5.41) is 8.83. The molecule has 24 heavy (non-hydrogen) atoms. The van der Waals surface area contributed by atoms with Crippen LogP contribution in [-0.2, 0) is 11.2 Å². The number of ketones is 1. The van der Waals surface area contributed by atoms with E-state index in [1.165, 1.54) is 12.8 Å². The highest BCUT2D eigenvalue weighted by atomic mass is 16.5. The largest absolute Gasteiger partial charge is 0.482 e. The van der Waals surface area contributed by atoms with E-state index < -0.39 is 5.97 Å². The zero-order chi connectivity index (χ0) is 17.5. The van der Waals surface area contributed by atoms with E-state index in [1.54, 1.807) is 0 Å². The lowest BCUT2D eigenvalue weighted by molar-refractivity contribution is -0.139. The Morgan fingerprint density at radius 2 is 1.96 bits per heavy atom. The van der Waals surface area contributed by atoms with Crippen LogP contribution >= 0.6 is 0 Å². The van der Waals surface area contributed by atoms with Gasteiger partial charge in [-0.2, -0.15) is 0 Å². The van der Waals surface area contributed by atoms with Gasteiger partial charge in [0, 0.05) is 11.0 Å². The van der Waals surface area contributed by atoms with E-state index >= 15 is 0 Å². The predicted molar refractivity (Wildman–Crippen MR) is 91.8 cm³/mol. The van der Waals surface area contributed by atoms with Gasteiger partial charge < -0.3 is 9.84 Å². The molecule has 1 N–H and O–H groups in total. The molecule has 1 fully saturated rings. The fourth-order valence-electron chi connectivity index (χ4n) is 4.50. The van der Waals surface area contributed by atoms with Gasteiger partial charge >= 0.3 is 5.97 Å². The third kappa shape index (κ3) is 2.72. The van der Waals surface area contributed by atoms with Gasteiger partial charge in [-0.15, -0.1) is 0 Å². The SMILES string of the molecule is Cc1c(OCC(=O)O)cc2c(c1C)C(=O)C(C)(C1CCCC1)CC2. The predicted octanol–water partition coefficient (Wildman–Crippen LogP) is 4.09. The Bertz CT molecular complexity index is 685. The van der Waals surface area contributed by atoms with Crippen molar-refractivity contribution in [3.8, 4) is 5.75 Å². The van der Waals surface area contributed by atoms with Gasteiger partial charge in [-0.25, -0.2) is 4.79 Å². The van der Waals surface area contributed by atoms with Crippen LogP contribution in [0.5, 0.6) is 5.75 Å². The monoisotopic (exact) mass is 330 g/mol. The lowest BCUT2D eigenvalue weighted by Crippen LogP contribution is -2.39. The number of fused-ring (bicyclic) bond motifs is 1. The molecule has 0 amide bonds. The Hall–Kier alpha value is -1.84. The van der Waals surface area contributed by atoms with Crippen LogP contribution in [0.4, 0.5) is 0 Å². The number of hydrogen-bond donors (Lipinski definition) is 1. The molecule has 1 atom stereocenters. The smallest absolute Gasteiger partial charge is 0.341 e. The van der Waals surface area contributed by atoms with Crippen molar-refractivity contribution in [2.24, 2.45) is 11.3 Å². The second-order valence-corrected chi connectivity index (χ2v) is 7.57. The molecule has 0 bridgehead atoms. The normalized spacial score (nSPS) is 24.0. The summed E-state index contributed by atoms with van der Waals surface area (Å²) in [6, 6.07) is 1.88. The number of carboxylic acid groups (broad SMARTS) is 1. The molecular formula is C20H26O4. The summed E-state index contributed by atoms with van der Waals surface area (Å²) in [5.74, 6) is 0.377. The van der Waals surface area contributed by atoms with Crippen LogP contribution in [0.3, 0.4) is 0 Å². The molecule has 1 aromatic rings. The van der Waals surface area contributed by atoms with E-state index in [-0.39, 0.29) is 17.8 Å². The van der Waals surface area contributed by atoms with Crippen molar-refractivity contribution in [2.45, 2.75) is 59.3 Å². The standard InChI is InChI=1S/C20H26O4/c1-12-13(2)18-14(10-16(12)24-11-17(21)22)8-9-20(3,19(18)23)15-6-4-5-7-15/h10,15H,4-9,11H2,1-3H3,(H,21,22). The van der Waals surface area contributed by atoms with Crippen LogP contribution in [0.1, 0.15) is 66.1 Å². The first-order valence-electron chi connectivity index (χ1n) is 8.87. The minimum absolute atomic E-state index is 0.246. The first kappa shape index (κ1) is 17.0. The van der Waals surface area contributed by atoms with E-state index in [0.29, 0.717) is 11.7 Å². The quantitative estimate of drug-likeness (QED) is 0.903. The van der Waals surface area contributed by atoms with Crippen molar-refractivity contribution in [1.82, 2.24) is 0 Å². The lowest BCUT2D eigenvalue weighted by Gasteiger charge is -2.39. The van der Waals surface area contributed by atoms with Crippen LogP contribution < -0.4 is 4.74 Å². The molecule has 4 nitrogen and oxygen atoms in total. The average Bonchev–Trinajstić information content (AvgIpc) is 3.08. The van der Waals surface area contributed by atoms with Gasteiger partial charge in [-0.05, 0) is 68.2 Å². The minimum atomic E-state index is -0.991. The van der Waals surface area contributed by atoms with Crippen LogP contribution in [0, 0.1) is 25.2 Å². The molecule has 2 aliphatic carbocycles. The maximum Gasteiger partial charge on any atom is 0.341 e. The van der Waals surface area contributed by atoms with Gasteiger partial charge in [0.25, 0.3) is 0 Å². The topological polar surface area (TPSA) is 63.6 Å². The molecule has 0 aromatic heterocycles. The molecule has 1 unspecified atom stereocenters. The summed E-state index contributed by atoms with van der Waals surface area (Å²) in [6.07, 6.45) is 6.54. The van der Waals surface area contributed by atoms with Crippen molar-refractivity contribution in [1.29, 1.82) is 0 Å². The zero-order valence-corrected chi connectivity index (χ0v) is 14.8. The summed E-state index contributed by atoms with van der Waals surface area (Å²) in [4.78, 5) is 24.1. The molecule has 130 valence electrons. The van der Waals surface area contributed by atoms with Crippen LogP contribution in [0.15, 0.2) is 6.07 Å². The van der Waals surface area contributed by atoms with Crippen LogP contribution in [0.25, 0.3) is 0 Å². The zero-order valence-electron chi connectivity index (χ0n) is 14.8.